The Kier molecular flexibility index (Phi) is 14.9. The molecule has 3 atom stereocenters. The van der Waals surface area contributed by atoms with Crippen molar-refractivity contribution in [3.63, 3.8) is 0 Å². The van der Waals surface area contributed by atoms with E-state index in [4.69, 9.17) is 9.47 Å². The molecule has 2 unspecified atom stereocenters. The van der Waals surface area contributed by atoms with Gasteiger partial charge >= 0.3 is 0 Å². The fourth-order valence-electron chi connectivity index (χ4n) is 4.93. The minimum Gasteiger partial charge on any atom is -0.493 e. The molecule has 0 aliphatic carbocycles. The normalized spacial score (nSPS) is 14.2. The molecular weight excluding hydrogens is 488 g/mol. The van der Waals surface area contributed by atoms with Crippen LogP contribution >= 0.6 is 0 Å². The second kappa shape index (κ2) is 17.6. The van der Waals surface area contributed by atoms with E-state index >= 15 is 0 Å². The van der Waals surface area contributed by atoms with Crippen LogP contribution in [0.4, 0.5) is 0 Å². The molecule has 2 rings (SSSR count). The predicted molar refractivity (Wildman–Crippen MR) is 176 cm³/mol. The third-order valence-corrected chi connectivity index (χ3v) is 8.76. The lowest BCUT2D eigenvalue weighted by atomic mass is 9.89. The van der Waals surface area contributed by atoms with Gasteiger partial charge in [0.2, 0.25) is 0 Å². The molecule has 2 heteroatoms. The third kappa shape index (κ3) is 12.5. The summed E-state index contributed by atoms with van der Waals surface area (Å²) in [7, 11) is 0. The highest BCUT2D eigenvalue weighted by molar-refractivity contribution is 5.74. The van der Waals surface area contributed by atoms with Gasteiger partial charge in [0.1, 0.15) is 11.5 Å². The summed E-state index contributed by atoms with van der Waals surface area (Å²) in [5.74, 6) is 5.61. The summed E-state index contributed by atoms with van der Waals surface area (Å²) in [5, 5.41) is 0. The van der Waals surface area contributed by atoms with E-state index in [0.29, 0.717) is 11.8 Å². The van der Waals surface area contributed by atoms with Crippen LogP contribution in [0.1, 0.15) is 121 Å². The van der Waals surface area contributed by atoms with E-state index in [9.17, 15) is 0 Å². The van der Waals surface area contributed by atoms with Crippen LogP contribution in [0, 0.1) is 50.4 Å². The molecule has 0 aromatic heterocycles. The Morgan fingerprint density at radius 1 is 0.600 bits per heavy atom. The lowest BCUT2D eigenvalue weighted by Crippen LogP contribution is -2.09. The smallest absolute Gasteiger partial charge is 0.127 e. The molecule has 0 spiro atoms. The lowest BCUT2D eigenvalue weighted by Gasteiger charge is -2.19. The Morgan fingerprint density at radius 2 is 1.25 bits per heavy atom. The molecule has 0 saturated heterocycles. The summed E-state index contributed by atoms with van der Waals surface area (Å²) in [6.07, 6.45) is 13.0. The number of aryl methyl sites for hydroxylation is 3. The Balaban J connectivity index is 2.09. The molecule has 0 aliphatic rings. The summed E-state index contributed by atoms with van der Waals surface area (Å²) in [5.41, 5.74) is 6.08. The maximum absolute atomic E-state index is 6.43. The summed E-state index contributed by atoms with van der Waals surface area (Å²) in [6, 6.07) is 11.0. The van der Waals surface area contributed by atoms with Crippen molar-refractivity contribution in [3.8, 4) is 11.5 Å². The molecule has 0 N–H and O–H groups in total. The Morgan fingerprint density at radius 3 is 1.88 bits per heavy atom. The van der Waals surface area contributed by atoms with Crippen molar-refractivity contribution in [2.75, 3.05) is 13.2 Å². The molecule has 2 aromatic carbocycles. The van der Waals surface area contributed by atoms with Crippen LogP contribution in [0.3, 0.4) is 0 Å². The molecule has 224 valence electrons. The summed E-state index contributed by atoms with van der Waals surface area (Å²) in [4.78, 5) is 0. The van der Waals surface area contributed by atoms with E-state index in [1.807, 2.05) is 0 Å². The van der Waals surface area contributed by atoms with Gasteiger partial charge in [-0.3, -0.25) is 0 Å². The average molecular weight is 549 g/mol. The largest absolute Gasteiger partial charge is 0.493 e. The zero-order valence-electron chi connectivity index (χ0n) is 27.6. The van der Waals surface area contributed by atoms with Crippen LogP contribution in [0.25, 0.3) is 12.2 Å². The van der Waals surface area contributed by atoms with Gasteiger partial charge in [0.15, 0.2) is 0 Å². The fourth-order valence-corrected chi connectivity index (χ4v) is 4.93. The van der Waals surface area contributed by atoms with Gasteiger partial charge in [-0.2, -0.15) is 0 Å². The van der Waals surface area contributed by atoms with E-state index < -0.39 is 0 Å². The number of hydrogen-bond acceptors (Lipinski definition) is 2. The fraction of sp³-hybridized carbons (Fsp3) is 0.632. The first kappa shape index (κ1) is 34.0. The van der Waals surface area contributed by atoms with Gasteiger partial charge in [-0.15, -0.1) is 0 Å². The molecule has 0 radical (unpaired) electrons. The van der Waals surface area contributed by atoms with Gasteiger partial charge in [0.05, 0.1) is 13.2 Å². The van der Waals surface area contributed by atoms with Gasteiger partial charge in [-0.1, -0.05) is 111 Å². The Bertz CT molecular complexity index is 1030. The van der Waals surface area contributed by atoms with Crippen LogP contribution in [0.15, 0.2) is 30.3 Å². The molecule has 0 fully saturated rings. The molecular formula is C38H60O2. The van der Waals surface area contributed by atoms with Crippen molar-refractivity contribution in [3.05, 3.63) is 58.1 Å². The first-order valence-electron chi connectivity index (χ1n) is 16.1. The number of rotatable bonds is 18. The van der Waals surface area contributed by atoms with Crippen molar-refractivity contribution in [1.29, 1.82) is 0 Å². The first-order valence-corrected chi connectivity index (χ1v) is 16.1. The van der Waals surface area contributed by atoms with Crippen molar-refractivity contribution in [1.82, 2.24) is 0 Å². The van der Waals surface area contributed by atoms with Crippen molar-refractivity contribution >= 4 is 12.2 Å². The van der Waals surface area contributed by atoms with Crippen LogP contribution in [-0.4, -0.2) is 13.2 Å². The van der Waals surface area contributed by atoms with Crippen molar-refractivity contribution in [2.45, 2.75) is 114 Å². The predicted octanol–water partition coefficient (Wildman–Crippen LogP) is 11.5. The average Bonchev–Trinajstić information content (AvgIpc) is 2.89. The van der Waals surface area contributed by atoms with Gasteiger partial charge in [0, 0.05) is 5.56 Å². The van der Waals surface area contributed by atoms with Crippen LogP contribution in [-0.2, 0) is 0 Å². The number of benzene rings is 2. The summed E-state index contributed by atoms with van der Waals surface area (Å²) >= 11 is 0. The minimum absolute atomic E-state index is 0.668. The third-order valence-electron chi connectivity index (χ3n) is 8.76. The van der Waals surface area contributed by atoms with E-state index in [1.165, 1.54) is 48.8 Å². The molecule has 2 nitrogen and oxygen atoms in total. The standard InChI is InChI=1S/C38H60O2/c1-27(2)12-11-13-29(5)20-22-39-37-26-36(19-18-35-17-16-32(8)33(9)24-35)38(25-34(37)10)40-23-21-30(6)14-15-31(7)28(3)4/h16-19,24-31H,11-15,20-23H2,1-10H3/b19-18+/t29?,30?,31-/m1/s1. The van der Waals surface area contributed by atoms with Crippen molar-refractivity contribution < 1.29 is 9.47 Å². The molecule has 0 bridgehead atoms. The van der Waals surface area contributed by atoms with E-state index in [1.54, 1.807) is 0 Å². The SMILES string of the molecule is Cc1ccc(/C=C/c2cc(OCCC(C)CCCC(C)C)c(C)cc2OCCC(C)CC[C@@H](C)C(C)C)cc1C. The van der Waals surface area contributed by atoms with Gasteiger partial charge in [0.25, 0.3) is 0 Å². The Labute approximate surface area is 248 Å². The minimum atomic E-state index is 0.668. The molecule has 0 heterocycles. The number of hydrogen-bond donors (Lipinski definition) is 0. The van der Waals surface area contributed by atoms with Gasteiger partial charge in [-0.05, 0) is 97.6 Å². The van der Waals surface area contributed by atoms with Gasteiger partial charge < -0.3 is 9.47 Å². The zero-order chi connectivity index (χ0) is 29.7. The van der Waals surface area contributed by atoms with Gasteiger partial charge in [-0.25, -0.2) is 0 Å². The molecule has 0 aliphatic heterocycles. The van der Waals surface area contributed by atoms with Crippen LogP contribution in [0.2, 0.25) is 0 Å². The van der Waals surface area contributed by atoms with E-state index in [0.717, 1.165) is 66.4 Å². The first-order chi connectivity index (χ1) is 19.0. The van der Waals surface area contributed by atoms with Crippen LogP contribution < -0.4 is 9.47 Å². The maximum Gasteiger partial charge on any atom is 0.127 e. The second-order valence-electron chi connectivity index (χ2n) is 13.4. The van der Waals surface area contributed by atoms with Crippen molar-refractivity contribution in [2.24, 2.45) is 29.6 Å². The number of ether oxygens (including phenoxy) is 2. The molecule has 40 heavy (non-hydrogen) atoms. The monoisotopic (exact) mass is 548 g/mol. The summed E-state index contributed by atoms with van der Waals surface area (Å²) in [6.45, 7) is 24.4. The highest BCUT2D eigenvalue weighted by atomic mass is 16.5. The topological polar surface area (TPSA) is 18.5 Å². The highest BCUT2D eigenvalue weighted by Gasteiger charge is 2.13. The lowest BCUT2D eigenvalue weighted by molar-refractivity contribution is 0.262. The molecule has 2 aromatic rings. The molecule has 0 amide bonds. The highest BCUT2D eigenvalue weighted by Crippen LogP contribution is 2.31. The maximum atomic E-state index is 6.43. The molecule has 0 saturated carbocycles. The van der Waals surface area contributed by atoms with Crippen LogP contribution in [0.5, 0.6) is 11.5 Å². The quantitative estimate of drug-likeness (QED) is 0.172. The van der Waals surface area contributed by atoms with E-state index in [2.05, 4.69) is 112 Å². The second-order valence-corrected chi connectivity index (χ2v) is 13.4. The summed E-state index contributed by atoms with van der Waals surface area (Å²) < 4.78 is 12.8. The zero-order valence-corrected chi connectivity index (χ0v) is 27.6. The Hall–Kier alpha value is -2.22. The van der Waals surface area contributed by atoms with E-state index in [-0.39, 0.29) is 0 Å².